The van der Waals surface area contributed by atoms with E-state index in [1.54, 1.807) is 0 Å². The summed E-state index contributed by atoms with van der Waals surface area (Å²) in [5.74, 6) is 0.954. The van der Waals surface area contributed by atoms with E-state index in [9.17, 15) is 0 Å². The zero-order valence-electron chi connectivity index (χ0n) is 10.4. The normalized spacial score (nSPS) is 18.2. The molecule has 4 N–H and O–H groups in total. The van der Waals surface area contributed by atoms with Crippen molar-refractivity contribution in [1.82, 2.24) is 15.9 Å². The average Bonchev–Trinajstić information content (AvgIpc) is 2.25. The van der Waals surface area contributed by atoms with Crippen LogP contribution in [0.5, 0.6) is 0 Å². The number of nitrogens with two attached hydrogens (primary N) is 1. The summed E-state index contributed by atoms with van der Waals surface area (Å²) < 4.78 is 0. The first-order chi connectivity index (χ1) is 7.54. The lowest BCUT2D eigenvalue weighted by Gasteiger charge is -2.30. The third-order valence-electron chi connectivity index (χ3n) is 2.28. The van der Waals surface area contributed by atoms with E-state index < -0.39 is 0 Å². The molecule has 1 aliphatic rings. The number of hydrogen-bond donors (Lipinski definition) is 3. The minimum absolute atomic E-state index is 0.0523. The van der Waals surface area contributed by atoms with Crippen molar-refractivity contribution >= 4 is 0 Å². The summed E-state index contributed by atoms with van der Waals surface area (Å²) in [5.41, 5.74) is 9.87. The molecular weight excluding hydrogens is 204 g/mol. The highest BCUT2D eigenvalue weighted by Gasteiger charge is 2.15. The van der Waals surface area contributed by atoms with Crippen molar-refractivity contribution in [3.05, 3.63) is 23.5 Å². The molecule has 0 aromatic heterocycles. The maximum atomic E-state index is 5.84. The van der Waals surface area contributed by atoms with Crippen molar-refractivity contribution < 1.29 is 4.84 Å². The molecule has 16 heavy (non-hydrogen) atoms. The Bertz CT molecular complexity index is 284. The Balaban J connectivity index is 2.61. The summed E-state index contributed by atoms with van der Waals surface area (Å²) in [5, 5.41) is 5.01. The molecule has 92 valence electrons. The highest BCUT2D eigenvalue weighted by molar-refractivity contribution is 5.30. The zero-order chi connectivity index (χ0) is 12.1. The Kier molecular flexibility index (Phi) is 4.79. The summed E-state index contributed by atoms with van der Waals surface area (Å²) in [4.78, 5) is 5.34. The smallest absolute Gasteiger partial charge is 0.118 e. The molecule has 0 saturated heterocycles. The molecule has 0 aliphatic carbocycles. The Morgan fingerprint density at radius 1 is 1.44 bits per heavy atom. The van der Waals surface area contributed by atoms with Crippen molar-refractivity contribution in [2.45, 2.75) is 32.9 Å². The van der Waals surface area contributed by atoms with Gasteiger partial charge in [-0.25, -0.2) is 0 Å². The Morgan fingerprint density at radius 3 is 2.62 bits per heavy atom. The van der Waals surface area contributed by atoms with Crippen molar-refractivity contribution in [2.24, 2.45) is 5.73 Å². The fraction of sp³-hybridized carbons (Fsp3) is 0.636. The van der Waals surface area contributed by atoms with Crippen LogP contribution in [0.2, 0.25) is 0 Å². The maximum absolute atomic E-state index is 5.84. The number of hydrazine groups is 1. The van der Waals surface area contributed by atoms with Crippen LogP contribution in [0.4, 0.5) is 0 Å². The molecule has 0 amide bonds. The minimum Gasteiger partial charge on any atom is -0.374 e. The predicted octanol–water partition coefficient (Wildman–Crippen LogP) is 0.481. The third-order valence-corrected chi connectivity index (χ3v) is 2.28. The van der Waals surface area contributed by atoms with Crippen LogP contribution in [0.25, 0.3) is 0 Å². The molecule has 1 heterocycles. The van der Waals surface area contributed by atoms with Crippen molar-refractivity contribution in [1.29, 1.82) is 0 Å². The van der Waals surface area contributed by atoms with Gasteiger partial charge in [0.05, 0.1) is 12.6 Å². The molecule has 0 fully saturated rings. The van der Waals surface area contributed by atoms with E-state index in [-0.39, 0.29) is 12.1 Å². The van der Waals surface area contributed by atoms with E-state index in [4.69, 9.17) is 10.6 Å². The van der Waals surface area contributed by atoms with Crippen LogP contribution >= 0.6 is 0 Å². The molecule has 0 radical (unpaired) electrons. The lowest BCUT2D eigenvalue weighted by atomic mass is 10.1. The summed E-state index contributed by atoms with van der Waals surface area (Å²) in [6.07, 6.45) is 4.24. The summed E-state index contributed by atoms with van der Waals surface area (Å²) >= 11 is 0. The van der Waals surface area contributed by atoms with Gasteiger partial charge in [-0.2, -0.15) is 0 Å². The molecule has 1 aliphatic heterocycles. The van der Waals surface area contributed by atoms with Gasteiger partial charge in [-0.3, -0.25) is 9.85 Å². The molecule has 1 unspecified atom stereocenters. The molecule has 1 atom stereocenters. The van der Waals surface area contributed by atoms with Gasteiger partial charge in [0.15, 0.2) is 0 Å². The highest BCUT2D eigenvalue weighted by atomic mass is 16.7. The van der Waals surface area contributed by atoms with Gasteiger partial charge >= 0.3 is 0 Å². The van der Waals surface area contributed by atoms with E-state index >= 15 is 0 Å². The predicted molar refractivity (Wildman–Crippen MR) is 64.9 cm³/mol. The van der Waals surface area contributed by atoms with Gasteiger partial charge in [0.2, 0.25) is 0 Å². The zero-order valence-corrected chi connectivity index (χ0v) is 10.4. The van der Waals surface area contributed by atoms with E-state index in [0.717, 1.165) is 17.9 Å². The van der Waals surface area contributed by atoms with Crippen LogP contribution in [0.15, 0.2) is 23.5 Å². The standard InChI is InChI=1S/C11H22N4O/c1-8(2)16-14-15-6-5-10(9(3)12)7-11(15)13-4/h5,7-9,13-14H,6,12H2,1-4H3. The van der Waals surface area contributed by atoms with Gasteiger partial charge in [-0.1, -0.05) is 6.08 Å². The first kappa shape index (κ1) is 13.0. The fourth-order valence-electron chi connectivity index (χ4n) is 1.37. The van der Waals surface area contributed by atoms with Gasteiger partial charge in [0, 0.05) is 13.1 Å². The second-order valence-corrected chi connectivity index (χ2v) is 4.14. The number of nitrogens with one attached hydrogen (secondary N) is 2. The third kappa shape index (κ3) is 3.52. The van der Waals surface area contributed by atoms with E-state index in [1.807, 2.05) is 38.9 Å². The lowest BCUT2D eigenvalue weighted by Crippen LogP contribution is -2.44. The van der Waals surface area contributed by atoms with Crippen LogP contribution in [0, 0.1) is 0 Å². The summed E-state index contributed by atoms with van der Waals surface area (Å²) in [6.45, 7) is 6.66. The molecule has 0 aromatic rings. The first-order valence-corrected chi connectivity index (χ1v) is 5.58. The average molecular weight is 226 g/mol. The van der Waals surface area contributed by atoms with Gasteiger partial charge in [-0.05, 0) is 32.4 Å². The minimum atomic E-state index is 0.0523. The first-order valence-electron chi connectivity index (χ1n) is 5.58. The van der Waals surface area contributed by atoms with E-state index in [0.29, 0.717) is 0 Å². The molecule has 0 saturated carbocycles. The SMILES string of the molecule is CNC1=CC(C(C)N)=CCN1NOC(C)C. The summed E-state index contributed by atoms with van der Waals surface area (Å²) in [7, 11) is 1.88. The quantitative estimate of drug-likeness (QED) is 0.595. The Labute approximate surface area is 97.2 Å². The van der Waals surface area contributed by atoms with Crippen molar-refractivity contribution in [3.8, 4) is 0 Å². The largest absolute Gasteiger partial charge is 0.374 e. The molecule has 0 spiro atoms. The number of nitrogens with zero attached hydrogens (tertiary/aromatic N) is 1. The van der Waals surface area contributed by atoms with Crippen LogP contribution in [-0.4, -0.2) is 30.7 Å². The number of hydrogen-bond acceptors (Lipinski definition) is 5. The van der Waals surface area contributed by atoms with Gasteiger partial charge in [-0.15, -0.1) is 5.59 Å². The van der Waals surface area contributed by atoms with Crippen LogP contribution < -0.4 is 16.6 Å². The number of rotatable bonds is 5. The molecule has 1 rings (SSSR count). The summed E-state index contributed by atoms with van der Waals surface area (Å²) in [6, 6.07) is 0.0523. The van der Waals surface area contributed by atoms with Crippen LogP contribution in [0.1, 0.15) is 20.8 Å². The monoisotopic (exact) mass is 226 g/mol. The van der Waals surface area contributed by atoms with Gasteiger partial charge < -0.3 is 11.1 Å². The molecular formula is C11H22N4O. The van der Waals surface area contributed by atoms with E-state index in [2.05, 4.69) is 17.0 Å². The van der Waals surface area contributed by atoms with Crippen molar-refractivity contribution in [2.75, 3.05) is 13.6 Å². The Morgan fingerprint density at radius 2 is 2.12 bits per heavy atom. The molecule has 0 bridgehead atoms. The highest BCUT2D eigenvalue weighted by Crippen LogP contribution is 2.13. The fourth-order valence-corrected chi connectivity index (χ4v) is 1.37. The molecule has 5 nitrogen and oxygen atoms in total. The van der Waals surface area contributed by atoms with Crippen LogP contribution in [0.3, 0.4) is 0 Å². The van der Waals surface area contributed by atoms with Crippen molar-refractivity contribution in [3.63, 3.8) is 0 Å². The van der Waals surface area contributed by atoms with Gasteiger partial charge in [0.1, 0.15) is 5.82 Å². The second-order valence-electron chi connectivity index (χ2n) is 4.14. The topological polar surface area (TPSA) is 62.5 Å². The van der Waals surface area contributed by atoms with E-state index in [1.165, 1.54) is 0 Å². The lowest BCUT2D eigenvalue weighted by molar-refractivity contribution is -0.0958. The Hall–Kier alpha value is -1.04. The molecule has 0 aromatic carbocycles. The van der Waals surface area contributed by atoms with Crippen LogP contribution in [-0.2, 0) is 4.84 Å². The molecule has 5 heteroatoms. The maximum Gasteiger partial charge on any atom is 0.118 e. The second kappa shape index (κ2) is 5.89. The van der Waals surface area contributed by atoms with Gasteiger partial charge in [0.25, 0.3) is 0 Å².